The zero-order valence-electron chi connectivity index (χ0n) is 11.5. The molecule has 5 heteroatoms. The topological polar surface area (TPSA) is 20.5 Å². The van der Waals surface area contributed by atoms with E-state index in [2.05, 4.69) is 27.7 Å². The van der Waals surface area contributed by atoms with Crippen LogP contribution >= 0.6 is 0 Å². The Morgan fingerprint density at radius 3 is 2.94 bits per heavy atom. The van der Waals surface area contributed by atoms with E-state index in [1.165, 1.54) is 23.7 Å². The minimum atomic E-state index is -0.383. The molecule has 2 fully saturated rings. The van der Waals surface area contributed by atoms with Gasteiger partial charge in [-0.05, 0) is 18.8 Å². The molecule has 2 saturated heterocycles. The SMILES string of the molecule is C[C@H](O[BH2-][N+]12B[O+]C[C@@H]1CCC2)C(C)(C)C. The number of nitrogens with zero attached hydrogens (tertiary/aromatic N) is 1. The molecular weight excluding hydrogens is 200 g/mol. The third kappa shape index (κ3) is 2.31. The first-order valence-corrected chi connectivity index (χ1v) is 6.74. The molecule has 0 aliphatic carbocycles. The van der Waals surface area contributed by atoms with Gasteiger partial charge in [-0.25, -0.2) is 0 Å². The van der Waals surface area contributed by atoms with Gasteiger partial charge in [-0.2, -0.15) is 4.65 Å². The summed E-state index contributed by atoms with van der Waals surface area (Å²) in [4.78, 5) is 0. The summed E-state index contributed by atoms with van der Waals surface area (Å²) in [7, 11) is 0.535. The van der Waals surface area contributed by atoms with Crippen LogP contribution in [0.1, 0.15) is 40.5 Å². The summed E-state index contributed by atoms with van der Waals surface area (Å²) in [6, 6.07) is 0.757. The van der Waals surface area contributed by atoms with Gasteiger partial charge < -0.3 is 8.96 Å². The fourth-order valence-corrected chi connectivity index (χ4v) is 3.03. The van der Waals surface area contributed by atoms with Crippen LogP contribution in [0.2, 0.25) is 0 Å². The largest absolute Gasteiger partial charge is 0.803 e. The van der Waals surface area contributed by atoms with Gasteiger partial charge in [0, 0.05) is 19.1 Å². The zero-order chi connectivity index (χ0) is 11.8. The second kappa shape index (κ2) is 4.35. The Morgan fingerprint density at radius 1 is 1.50 bits per heavy atom. The van der Waals surface area contributed by atoms with Gasteiger partial charge in [0.25, 0.3) is 7.62 Å². The van der Waals surface area contributed by atoms with Crippen LogP contribution < -0.4 is 0 Å². The van der Waals surface area contributed by atoms with Gasteiger partial charge in [-0.1, -0.05) is 20.8 Å². The van der Waals surface area contributed by atoms with Crippen LogP contribution in [0, 0.1) is 5.41 Å². The van der Waals surface area contributed by atoms with Crippen molar-refractivity contribution in [1.29, 1.82) is 0 Å². The van der Waals surface area contributed by atoms with Crippen LogP contribution in [0.25, 0.3) is 0 Å². The minimum Gasteiger partial charge on any atom is -0.543 e. The van der Waals surface area contributed by atoms with Crippen molar-refractivity contribution < 1.29 is 13.6 Å². The molecule has 91 valence electrons. The predicted octanol–water partition coefficient (Wildman–Crippen LogP) is 0.712. The van der Waals surface area contributed by atoms with Gasteiger partial charge in [0.1, 0.15) is 6.04 Å². The number of quaternary nitrogens is 1. The maximum Gasteiger partial charge on any atom is 0.803 e. The van der Waals surface area contributed by atoms with Crippen molar-refractivity contribution in [3.8, 4) is 0 Å². The minimum absolute atomic E-state index is 0.262. The van der Waals surface area contributed by atoms with Crippen molar-refractivity contribution in [2.75, 3.05) is 13.2 Å². The highest BCUT2D eigenvalue weighted by Gasteiger charge is 2.52. The molecule has 0 saturated carbocycles. The van der Waals surface area contributed by atoms with E-state index >= 15 is 0 Å². The molecule has 16 heavy (non-hydrogen) atoms. The molecule has 0 N–H and O–H groups in total. The molecule has 2 rings (SSSR count). The predicted molar refractivity (Wildman–Crippen MR) is 69.8 cm³/mol. The fourth-order valence-electron chi connectivity index (χ4n) is 3.03. The Hall–Kier alpha value is 0.00987. The second-order valence-electron chi connectivity index (χ2n) is 6.93. The Labute approximate surface area is 101 Å². The molecule has 0 spiro atoms. The lowest BCUT2D eigenvalue weighted by Gasteiger charge is -2.41. The van der Waals surface area contributed by atoms with E-state index in [-0.39, 0.29) is 13.0 Å². The molecule has 1 radical (unpaired) electrons. The van der Waals surface area contributed by atoms with Crippen LogP contribution in [0.3, 0.4) is 0 Å². The summed E-state index contributed by atoms with van der Waals surface area (Å²) < 4.78 is 13.0. The number of fused-ring (bicyclic) bond motifs is 1. The molecule has 0 bridgehead atoms. The lowest BCUT2D eigenvalue weighted by atomic mass is 9.87. The molecule has 3 atom stereocenters. The summed E-state index contributed by atoms with van der Waals surface area (Å²) >= 11 is 0. The number of hydrogen-bond donors (Lipinski definition) is 0. The molecule has 2 aliphatic heterocycles. The van der Waals surface area contributed by atoms with E-state index in [0.717, 1.165) is 20.3 Å². The molecule has 2 aliphatic rings. The van der Waals surface area contributed by atoms with Gasteiger partial charge in [-0.3, -0.25) is 0 Å². The summed E-state index contributed by atoms with van der Waals surface area (Å²) in [6.45, 7) is 11.2. The first kappa shape index (κ1) is 12.5. The Balaban J connectivity index is 1.90. The van der Waals surface area contributed by atoms with Crippen LogP contribution in [-0.4, -0.2) is 44.8 Å². The lowest BCUT2D eigenvalue weighted by molar-refractivity contribution is -0.720. The third-order valence-electron chi connectivity index (χ3n) is 4.83. The maximum absolute atomic E-state index is 6.21. The van der Waals surface area contributed by atoms with Crippen molar-refractivity contribution in [3.63, 3.8) is 0 Å². The van der Waals surface area contributed by atoms with Gasteiger partial charge in [0.15, 0.2) is 0 Å². The Morgan fingerprint density at radius 2 is 2.25 bits per heavy atom. The van der Waals surface area contributed by atoms with Crippen LogP contribution in [0.15, 0.2) is 0 Å². The van der Waals surface area contributed by atoms with Crippen molar-refractivity contribution >= 4 is 15.2 Å². The molecule has 3 nitrogen and oxygen atoms in total. The van der Waals surface area contributed by atoms with E-state index in [1.54, 1.807) is 0 Å². The highest BCUT2D eigenvalue weighted by molar-refractivity contribution is 6.34. The molecule has 0 aromatic heterocycles. The monoisotopic (exact) mass is 225 g/mol. The van der Waals surface area contributed by atoms with E-state index < -0.39 is 0 Å². The standard InChI is InChI=1S/C11H25B2NO2/c1-9(11(2,3)4)16-13-14-7-5-6-10(14)8-15-12-14/h9-10,12H,5-8,13H2,1-4H3/q+1/t9-,10-,14?/m0/s1. The quantitative estimate of drug-likeness (QED) is 0.520. The number of hydrogen-bond acceptors (Lipinski definition) is 2. The summed E-state index contributed by atoms with van der Waals surface area (Å²) in [6.07, 6.45) is 3.07. The van der Waals surface area contributed by atoms with Gasteiger partial charge in [0.05, 0.1) is 0 Å². The third-order valence-corrected chi connectivity index (χ3v) is 4.83. The fraction of sp³-hybridized carbons (Fsp3) is 1.00. The van der Waals surface area contributed by atoms with Crippen LogP contribution in [0.5, 0.6) is 0 Å². The van der Waals surface area contributed by atoms with E-state index in [1.807, 2.05) is 0 Å². The highest BCUT2D eigenvalue weighted by Crippen LogP contribution is 2.31. The lowest BCUT2D eigenvalue weighted by Crippen LogP contribution is -2.55. The molecule has 1 unspecified atom stereocenters. The second-order valence-corrected chi connectivity index (χ2v) is 6.93. The van der Waals surface area contributed by atoms with E-state index in [9.17, 15) is 0 Å². The van der Waals surface area contributed by atoms with Gasteiger partial charge in [0.2, 0.25) is 6.61 Å². The molecule has 0 aromatic carbocycles. The molecule has 2 heterocycles. The van der Waals surface area contributed by atoms with Crippen molar-refractivity contribution in [3.05, 3.63) is 0 Å². The molecular formula is C11H25B2NO2+. The van der Waals surface area contributed by atoms with Gasteiger partial charge >= 0.3 is 7.62 Å². The average molecular weight is 225 g/mol. The molecule has 0 aromatic rings. The maximum atomic E-state index is 6.21. The zero-order valence-corrected chi connectivity index (χ0v) is 11.5. The van der Waals surface area contributed by atoms with Crippen LogP contribution in [0.4, 0.5) is 0 Å². The smallest absolute Gasteiger partial charge is 0.543 e. The summed E-state index contributed by atoms with van der Waals surface area (Å²) in [5.74, 6) is 0. The normalized spacial score (nSPS) is 35.9. The Bertz CT molecular complexity index is 245. The first-order chi connectivity index (χ1) is 7.44. The Kier molecular flexibility index (Phi) is 3.39. The number of rotatable bonds is 3. The molecule has 0 amide bonds. The van der Waals surface area contributed by atoms with Crippen LogP contribution in [-0.2, 0) is 9.31 Å². The first-order valence-electron chi connectivity index (χ1n) is 6.74. The van der Waals surface area contributed by atoms with Crippen molar-refractivity contribution in [2.24, 2.45) is 5.41 Å². The van der Waals surface area contributed by atoms with Gasteiger partial charge in [-0.15, -0.1) is 0 Å². The van der Waals surface area contributed by atoms with E-state index in [0.29, 0.717) is 6.10 Å². The summed E-state index contributed by atoms with van der Waals surface area (Å²) in [5, 5.41) is 0. The van der Waals surface area contributed by atoms with E-state index in [4.69, 9.17) is 9.31 Å². The summed E-state index contributed by atoms with van der Waals surface area (Å²) in [5.41, 5.74) is 0.262. The van der Waals surface area contributed by atoms with Crippen molar-refractivity contribution in [2.45, 2.75) is 52.7 Å². The van der Waals surface area contributed by atoms with Crippen molar-refractivity contribution in [1.82, 2.24) is 0 Å². The highest BCUT2D eigenvalue weighted by atomic mass is 16.5. The average Bonchev–Trinajstić information content (AvgIpc) is 2.70.